The first kappa shape index (κ1) is 12.5. The van der Waals surface area contributed by atoms with Crippen molar-refractivity contribution in [3.8, 4) is 5.69 Å². The molecule has 96 valence electrons. The molecule has 7 heteroatoms. The molecule has 1 aromatic carbocycles. The van der Waals surface area contributed by atoms with Crippen molar-refractivity contribution < 1.29 is 4.39 Å². The number of rotatable bonds is 1. The maximum Gasteiger partial charge on any atom is 0.267 e. The van der Waals surface area contributed by atoms with Crippen LogP contribution in [-0.4, -0.2) is 9.55 Å². The van der Waals surface area contributed by atoms with Crippen LogP contribution in [0.2, 0.25) is 5.02 Å². The van der Waals surface area contributed by atoms with E-state index in [4.69, 9.17) is 23.8 Å². The predicted octanol–water partition coefficient (Wildman–Crippen LogP) is 3.90. The number of aromatic nitrogens is 2. The lowest BCUT2D eigenvalue weighted by molar-refractivity contribution is 0.626. The van der Waals surface area contributed by atoms with Gasteiger partial charge >= 0.3 is 0 Å². The van der Waals surface area contributed by atoms with Gasteiger partial charge in [-0.05, 0) is 41.9 Å². The normalized spacial score (nSPS) is 11.1. The Kier molecular flexibility index (Phi) is 3.00. The molecule has 0 atom stereocenters. The first-order chi connectivity index (χ1) is 9.06. The summed E-state index contributed by atoms with van der Waals surface area (Å²) in [6, 6.07) is 5.58. The fourth-order valence-corrected chi connectivity index (χ4v) is 3.19. The molecule has 0 saturated heterocycles. The Hall–Kier alpha value is -1.50. The Morgan fingerprint density at radius 2 is 2.16 bits per heavy atom. The van der Waals surface area contributed by atoms with E-state index in [1.54, 1.807) is 11.4 Å². The molecule has 3 nitrogen and oxygen atoms in total. The third-order valence-electron chi connectivity index (χ3n) is 2.63. The van der Waals surface area contributed by atoms with Crippen LogP contribution in [-0.2, 0) is 0 Å². The van der Waals surface area contributed by atoms with Crippen LogP contribution in [0.25, 0.3) is 15.9 Å². The molecule has 0 aliphatic heterocycles. The van der Waals surface area contributed by atoms with Gasteiger partial charge < -0.3 is 4.98 Å². The predicted molar refractivity (Wildman–Crippen MR) is 77.6 cm³/mol. The molecule has 0 aliphatic carbocycles. The van der Waals surface area contributed by atoms with E-state index in [9.17, 15) is 9.18 Å². The van der Waals surface area contributed by atoms with Crippen molar-refractivity contribution in [2.75, 3.05) is 0 Å². The number of benzene rings is 1. The van der Waals surface area contributed by atoms with Crippen LogP contribution in [0.3, 0.4) is 0 Å². The Labute approximate surface area is 120 Å². The number of nitrogens with zero attached hydrogens (tertiary/aromatic N) is 1. The minimum absolute atomic E-state index is 0.210. The molecule has 3 aromatic rings. The standard InChI is InChI=1S/C12H6ClFN2OS2/c13-6-3-7(14)5-8(4-6)16-11(17)9-1-2-19-10(9)15-12(16)18/h1-5H,(H,15,18). The van der Waals surface area contributed by atoms with E-state index in [0.29, 0.717) is 15.9 Å². The van der Waals surface area contributed by atoms with Crippen molar-refractivity contribution >= 4 is 45.4 Å². The topological polar surface area (TPSA) is 37.8 Å². The van der Waals surface area contributed by atoms with Gasteiger partial charge in [-0.15, -0.1) is 11.3 Å². The number of fused-ring (bicyclic) bond motifs is 1. The lowest BCUT2D eigenvalue weighted by Crippen LogP contribution is -2.19. The van der Waals surface area contributed by atoms with Gasteiger partial charge in [-0.1, -0.05) is 11.6 Å². The van der Waals surface area contributed by atoms with Crippen molar-refractivity contribution in [1.82, 2.24) is 9.55 Å². The van der Waals surface area contributed by atoms with Crippen molar-refractivity contribution in [3.05, 3.63) is 55.6 Å². The number of halogens is 2. The highest BCUT2D eigenvalue weighted by Crippen LogP contribution is 2.19. The summed E-state index contributed by atoms with van der Waals surface area (Å²) in [5, 5.41) is 2.51. The summed E-state index contributed by atoms with van der Waals surface area (Å²) in [7, 11) is 0. The molecule has 19 heavy (non-hydrogen) atoms. The van der Waals surface area contributed by atoms with Gasteiger partial charge in [0.05, 0.1) is 11.1 Å². The maximum absolute atomic E-state index is 13.4. The highest BCUT2D eigenvalue weighted by molar-refractivity contribution is 7.71. The van der Waals surface area contributed by atoms with Gasteiger partial charge in [-0.25, -0.2) is 4.39 Å². The van der Waals surface area contributed by atoms with Crippen LogP contribution >= 0.6 is 35.2 Å². The summed E-state index contributed by atoms with van der Waals surface area (Å²) in [4.78, 5) is 16.0. The van der Waals surface area contributed by atoms with E-state index in [2.05, 4.69) is 4.98 Å². The average molecular weight is 313 g/mol. The zero-order chi connectivity index (χ0) is 13.6. The lowest BCUT2D eigenvalue weighted by atomic mass is 10.3. The molecule has 0 fully saturated rings. The lowest BCUT2D eigenvalue weighted by Gasteiger charge is -2.07. The Morgan fingerprint density at radius 1 is 1.37 bits per heavy atom. The molecular weight excluding hydrogens is 307 g/mol. The minimum atomic E-state index is -0.519. The Morgan fingerprint density at radius 3 is 2.89 bits per heavy atom. The van der Waals surface area contributed by atoms with Crippen LogP contribution in [0.15, 0.2) is 34.4 Å². The number of nitrogens with one attached hydrogen (secondary N) is 1. The first-order valence-corrected chi connectivity index (χ1v) is 6.92. The second-order valence-corrected chi connectivity index (χ2v) is 5.60. The highest BCUT2D eigenvalue weighted by atomic mass is 35.5. The molecule has 1 N–H and O–H groups in total. The van der Waals surface area contributed by atoms with E-state index in [0.717, 1.165) is 0 Å². The van der Waals surface area contributed by atoms with Crippen molar-refractivity contribution in [1.29, 1.82) is 0 Å². The zero-order valence-corrected chi connectivity index (χ0v) is 11.7. The molecule has 0 amide bonds. The van der Waals surface area contributed by atoms with E-state index in [1.165, 1.54) is 34.1 Å². The minimum Gasteiger partial charge on any atom is -0.323 e. The molecule has 3 rings (SSSR count). The van der Waals surface area contributed by atoms with Crippen LogP contribution in [0.1, 0.15) is 0 Å². The fourth-order valence-electron chi connectivity index (χ4n) is 1.84. The summed E-state index contributed by atoms with van der Waals surface area (Å²) >= 11 is 12.3. The largest absolute Gasteiger partial charge is 0.323 e. The van der Waals surface area contributed by atoms with Gasteiger partial charge in [0.25, 0.3) is 5.56 Å². The highest BCUT2D eigenvalue weighted by Gasteiger charge is 2.10. The Balaban J connectivity index is 2.42. The van der Waals surface area contributed by atoms with E-state index >= 15 is 0 Å². The SMILES string of the molecule is O=c1c2ccsc2[nH]c(=S)n1-c1cc(F)cc(Cl)c1. The monoisotopic (exact) mass is 312 g/mol. The van der Waals surface area contributed by atoms with Crippen molar-refractivity contribution in [2.24, 2.45) is 0 Å². The molecule has 2 heterocycles. The number of thiophene rings is 1. The van der Waals surface area contributed by atoms with Crippen LogP contribution in [0.5, 0.6) is 0 Å². The summed E-state index contributed by atoms with van der Waals surface area (Å²) in [6.45, 7) is 0. The maximum atomic E-state index is 13.4. The summed E-state index contributed by atoms with van der Waals surface area (Å²) in [6.07, 6.45) is 0. The number of hydrogen-bond donors (Lipinski definition) is 1. The Bertz CT molecular complexity index is 876. The third kappa shape index (κ3) is 2.11. The summed E-state index contributed by atoms with van der Waals surface area (Å²) < 4.78 is 14.8. The van der Waals surface area contributed by atoms with Gasteiger partial charge in [0.2, 0.25) is 0 Å². The number of aromatic amines is 1. The van der Waals surface area contributed by atoms with Gasteiger partial charge in [0, 0.05) is 5.02 Å². The van der Waals surface area contributed by atoms with Crippen molar-refractivity contribution in [3.63, 3.8) is 0 Å². The molecular formula is C12H6ClFN2OS2. The fraction of sp³-hybridized carbons (Fsp3) is 0. The van der Waals surface area contributed by atoms with Crippen LogP contribution < -0.4 is 5.56 Å². The third-order valence-corrected chi connectivity index (χ3v) is 3.96. The quantitative estimate of drug-likeness (QED) is 0.692. The van der Waals surface area contributed by atoms with Gasteiger partial charge in [0.1, 0.15) is 10.6 Å². The second-order valence-electron chi connectivity index (χ2n) is 3.86. The van der Waals surface area contributed by atoms with Gasteiger partial charge in [-0.2, -0.15) is 0 Å². The van der Waals surface area contributed by atoms with E-state index in [1.807, 2.05) is 0 Å². The van der Waals surface area contributed by atoms with Gasteiger partial charge in [0.15, 0.2) is 4.77 Å². The molecule has 0 unspecified atom stereocenters. The van der Waals surface area contributed by atoms with Crippen LogP contribution in [0.4, 0.5) is 4.39 Å². The molecule has 2 aromatic heterocycles. The molecule has 0 aliphatic rings. The molecule has 0 bridgehead atoms. The summed E-state index contributed by atoms with van der Waals surface area (Å²) in [5.74, 6) is -0.519. The van der Waals surface area contributed by atoms with E-state index in [-0.39, 0.29) is 15.4 Å². The smallest absolute Gasteiger partial charge is 0.267 e. The second kappa shape index (κ2) is 4.56. The van der Waals surface area contributed by atoms with Crippen molar-refractivity contribution in [2.45, 2.75) is 0 Å². The first-order valence-electron chi connectivity index (χ1n) is 5.25. The van der Waals surface area contributed by atoms with Crippen LogP contribution in [0, 0.1) is 10.6 Å². The molecule has 0 spiro atoms. The molecule has 0 saturated carbocycles. The average Bonchev–Trinajstić information content (AvgIpc) is 2.75. The van der Waals surface area contributed by atoms with Gasteiger partial charge in [-0.3, -0.25) is 9.36 Å². The van der Waals surface area contributed by atoms with E-state index < -0.39 is 5.82 Å². The zero-order valence-electron chi connectivity index (χ0n) is 9.31. The number of H-pyrrole nitrogens is 1. The number of hydrogen-bond acceptors (Lipinski definition) is 3. The molecule has 0 radical (unpaired) electrons. The summed E-state index contributed by atoms with van der Waals surface area (Å²) in [5.41, 5.74) is 0.0195.